The molecule has 1 saturated heterocycles. The first-order valence-corrected chi connectivity index (χ1v) is 10.1. The first-order valence-electron chi connectivity index (χ1n) is 9.32. The summed E-state index contributed by atoms with van der Waals surface area (Å²) in [6, 6.07) is 10.4. The molecule has 4 rings (SSSR count). The fourth-order valence-electron chi connectivity index (χ4n) is 3.35. The largest absolute Gasteiger partial charge is 0.489 e. The molecule has 3 heterocycles. The van der Waals surface area contributed by atoms with Gasteiger partial charge in [0.1, 0.15) is 5.69 Å². The Labute approximate surface area is 175 Å². The fraction of sp³-hybridized carbons (Fsp3) is 0.350. The predicted molar refractivity (Wildman–Crippen MR) is 117 cm³/mol. The highest BCUT2D eigenvalue weighted by Crippen LogP contribution is 2.30. The van der Waals surface area contributed by atoms with Crippen LogP contribution in [-0.2, 0) is 0 Å². The van der Waals surface area contributed by atoms with E-state index < -0.39 is 0 Å². The van der Waals surface area contributed by atoms with E-state index in [0.717, 1.165) is 31.9 Å². The van der Waals surface area contributed by atoms with E-state index in [9.17, 15) is 0 Å². The first kappa shape index (κ1) is 19.0. The molecule has 1 aromatic carbocycles. The van der Waals surface area contributed by atoms with Gasteiger partial charge in [-0.05, 0) is 37.3 Å². The van der Waals surface area contributed by atoms with Gasteiger partial charge < -0.3 is 14.5 Å². The number of fused-ring (bicyclic) bond motifs is 1. The van der Waals surface area contributed by atoms with Crippen LogP contribution in [-0.4, -0.2) is 53.5 Å². The number of nitrogens with one attached hydrogen (secondary N) is 1. The van der Waals surface area contributed by atoms with Crippen molar-refractivity contribution in [3.05, 3.63) is 52.8 Å². The summed E-state index contributed by atoms with van der Waals surface area (Å²) < 4.78 is 5.62. The number of hydrogen-bond donors (Lipinski definition) is 1. The average Bonchev–Trinajstić information content (AvgIpc) is 2.73. The average molecular weight is 416 g/mol. The number of aromatic nitrogens is 1. The smallest absolute Gasteiger partial charge is 0.189 e. The Kier molecular flexibility index (Phi) is 5.64. The molecule has 0 radical (unpaired) electrons. The quantitative estimate of drug-likeness (QED) is 0.600. The minimum absolute atomic E-state index is 0.529. The molecular weight excluding hydrogens is 394 g/mol. The molecule has 0 aliphatic carbocycles. The van der Waals surface area contributed by atoms with Crippen LogP contribution in [0, 0.1) is 6.92 Å². The van der Waals surface area contributed by atoms with Crippen molar-refractivity contribution in [1.29, 1.82) is 0 Å². The highest BCUT2D eigenvalue weighted by molar-refractivity contribution is 7.80. The van der Waals surface area contributed by atoms with Crippen LogP contribution in [0.25, 0.3) is 0 Å². The summed E-state index contributed by atoms with van der Waals surface area (Å²) >= 11 is 11.7. The van der Waals surface area contributed by atoms with Crippen LogP contribution in [0.5, 0.6) is 5.75 Å². The molecule has 0 amide bonds. The lowest BCUT2D eigenvalue weighted by Gasteiger charge is -2.37. The van der Waals surface area contributed by atoms with Crippen molar-refractivity contribution in [2.45, 2.75) is 13.3 Å². The van der Waals surface area contributed by atoms with Crippen LogP contribution in [0.3, 0.4) is 0 Å². The van der Waals surface area contributed by atoms with Gasteiger partial charge in [0.15, 0.2) is 10.9 Å². The van der Waals surface area contributed by atoms with Crippen LogP contribution in [0.4, 0.5) is 5.69 Å². The van der Waals surface area contributed by atoms with Crippen molar-refractivity contribution >= 4 is 40.3 Å². The van der Waals surface area contributed by atoms with Crippen molar-refractivity contribution in [2.24, 2.45) is 5.10 Å². The molecule has 146 valence electrons. The molecule has 8 heteroatoms. The molecule has 0 unspecified atom stereocenters. The number of ether oxygens (including phenoxy) is 1. The minimum atomic E-state index is 0.529. The van der Waals surface area contributed by atoms with E-state index in [1.807, 2.05) is 0 Å². The summed E-state index contributed by atoms with van der Waals surface area (Å²) in [6.07, 6.45) is 2.32. The topological polar surface area (TPSA) is 53.0 Å². The van der Waals surface area contributed by atoms with Gasteiger partial charge in [-0.15, -0.1) is 0 Å². The number of aryl methyl sites for hydroxylation is 1. The number of halogens is 1. The second kappa shape index (κ2) is 8.32. The Balaban J connectivity index is 1.36. The molecular formula is C20H22ClN5OS. The molecule has 0 atom stereocenters. The Bertz CT molecular complexity index is 894. The number of rotatable bonds is 2. The molecule has 2 aliphatic heterocycles. The number of hydrogen-bond acceptors (Lipinski definition) is 5. The lowest BCUT2D eigenvalue weighted by Crippen LogP contribution is -2.51. The third kappa shape index (κ3) is 4.05. The number of piperazine rings is 1. The molecule has 1 fully saturated rings. The lowest BCUT2D eigenvalue weighted by atomic mass is 10.1. The van der Waals surface area contributed by atoms with Gasteiger partial charge in [0.05, 0.1) is 17.3 Å². The second-order valence-electron chi connectivity index (χ2n) is 6.85. The zero-order chi connectivity index (χ0) is 19.5. The van der Waals surface area contributed by atoms with Gasteiger partial charge >= 0.3 is 0 Å². The molecule has 2 aromatic rings. The minimum Gasteiger partial charge on any atom is -0.489 e. The third-order valence-corrected chi connectivity index (χ3v) is 5.61. The number of hydrazone groups is 1. The maximum atomic E-state index is 6.19. The van der Waals surface area contributed by atoms with Crippen LogP contribution >= 0.6 is 23.8 Å². The molecule has 0 bridgehead atoms. The van der Waals surface area contributed by atoms with Gasteiger partial charge in [0.25, 0.3) is 0 Å². The van der Waals surface area contributed by atoms with E-state index in [-0.39, 0.29) is 0 Å². The number of pyridine rings is 1. The monoisotopic (exact) mass is 415 g/mol. The summed E-state index contributed by atoms with van der Waals surface area (Å²) in [7, 11) is 0. The van der Waals surface area contributed by atoms with E-state index in [2.05, 4.69) is 56.5 Å². The van der Waals surface area contributed by atoms with Gasteiger partial charge in [0, 0.05) is 44.5 Å². The summed E-state index contributed by atoms with van der Waals surface area (Å²) in [5.74, 6) is 0.591. The van der Waals surface area contributed by atoms with E-state index in [1.165, 1.54) is 11.3 Å². The molecule has 0 saturated carbocycles. The van der Waals surface area contributed by atoms with E-state index in [4.69, 9.17) is 28.6 Å². The van der Waals surface area contributed by atoms with E-state index in [1.54, 1.807) is 12.3 Å². The molecule has 0 spiro atoms. The number of thiocarbonyl (C=S) groups is 1. The Hall–Kier alpha value is -2.38. The molecule has 1 N–H and O–H groups in total. The third-order valence-electron chi connectivity index (χ3n) is 4.97. The van der Waals surface area contributed by atoms with Crippen molar-refractivity contribution < 1.29 is 4.74 Å². The Morgan fingerprint density at radius 1 is 1.18 bits per heavy atom. The van der Waals surface area contributed by atoms with E-state index >= 15 is 0 Å². The first-order chi connectivity index (χ1) is 13.6. The van der Waals surface area contributed by atoms with Gasteiger partial charge in [-0.25, -0.2) is 0 Å². The summed E-state index contributed by atoms with van der Waals surface area (Å²) in [5, 5.41) is 5.68. The van der Waals surface area contributed by atoms with Crippen molar-refractivity contribution in [3.63, 3.8) is 0 Å². The summed E-state index contributed by atoms with van der Waals surface area (Å²) in [5.41, 5.74) is 7.05. The van der Waals surface area contributed by atoms with Crippen LogP contribution in [0.1, 0.15) is 17.7 Å². The molecule has 1 aromatic heterocycles. The standard InChI is InChI=1S/C20H22ClN5OS/c1-14-2-4-15(5-3-14)25-9-11-26(12-10-25)20(28)24-23-17-7-13-27-19-16(21)6-8-22-18(17)19/h2-6,8H,7,9-13H2,1H3,(H,24,28)/b23-17-. The molecule has 2 aliphatic rings. The predicted octanol–water partition coefficient (Wildman–Crippen LogP) is 3.23. The van der Waals surface area contributed by atoms with Gasteiger partial charge in [-0.2, -0.15) is 5.10 Å². The molecule has 28 heavy (non-hydrogen) atoms. The summed E-state index contributed by atoms with van der Waals surface area (Å²) in [4.78, 5) is 8.89. The van der Waals surface area contributed by atoms with Crippen molar-refractivity contribution in [3.8, 4) is 5.75 Å². The Morgan fingerprint density at radius 3 is 2.68 bits per heavy atom. The van der Waals surface area contributed by atoms with Crippen molar-refractivity contribution in [1.82, 2.24) is 15.3 Å². The van der Waals surface area contributed by atoms with Gasteiger partial charge in [-0.3, -0.25) is 10.4 Å². The van der Waals surface area contributed by atoms with Crippen LogP contribution in [0.2, 0.25) is 5.02 Å². The highest BCUT2D eigenvalue weighted by Gasteiger charge is 2.22. The number of anilines is 1. The normalized spacial score (nSPS) is 17.9. The number of benzene rings is 1. The zero-order valence-corrected chi connectivity index (χ0v) is 17.3. The summed E-state index contributed by atoms with van der Waals surface area (Å²) in [6.45, 7) is 6.20. The maximum Gasteiger partial charge on any atom is 0.189 e. The Morgan fingerprint density at radius 2 is 1.93 bits per heavy atom. The van der Waals surface area contributed by atoms with Crippen molar-refractivity contribution in [2.75, 3.05) is 37.7 Å². The van der Waals surface area contributed by atoms with Crippen LogP contribution in [0.15, 0.2) is 41.6 Å². The maximum absolute atomic E-state index is 6.19. The zero-order valence-electron chi connectivity index (χ0n) is 15.7. The highest BCUT2D eigenvalue weighted by atomic mass is 35.5. The fourth-order valence-corrected chi connectivity index (χ4v) is 3.78. The molecule has 6 nitrogen and oxygen atoms in total. The second-order valence-corrected chi connectivity index (χ2v) is 7.65. The lowest BCUT2D eigenvalue weighted by molar-refractivity contribution is 0.318. The van der Waals surface area contributed by atoms with Gasteiger partial charge in [0.2, 0.25) is 0 Å². The number of nitrogens with zero attached hydrogens (tertiary/aromatic N) is 4. The van der Waals surface area contributed by atoms with Gasteiger partial charge in [-0.1, -0.05) is 29.3 Å². The van der Waals surface area contributed by atoms with E-state index in [0.29, 0.717) is 34.6 Å². The van der Waals surface area contributed by atoms with Crippen LogP contribution < -0.4 is 15.1 Å². The SMILES string of the molecule is Cc1ccc(N2CCN(C(=S)N/N=C3/CCOc4c(Cl)ccnc43)CC2)cc1.